The quantitative estimate of drug-likeness (QED) is 0.803. The van der Waals surface area contributed by atoms with Crippen LogP contribution in [0.5, 0.6) is 0 Å². The fraction of sp³-hybridized carbons (Fsp3) is 0.556. The lowest BCUT2D eigenvalue weighted by molar-refractivity contribution is 0.218. The number of rotatable bonds is 4. The van der Waals surface area contributed by atoms with Crippen LogP contribution in [0.3, 0.4) is 0 Å². The first-order chi connectivity index (χ1) is 6.59. The van der Waals surface area contributed by atoms with Crippen molar-refractivity contribution in [2.24, 2.45) is 0 Å². The van der Waals surface area contributed by atoms with Crippen LogP contribution in [0.25, 0.3) is 0 Å². The first-order valence-corrected chi connectivity index (χ1v) is 4.86. The molecule has 0 radical (unpaired) electrons. The molecule has 14 heavy (non-hydrogen) atoms. The maximum absolute atomic E-state index is 9.16. The number of hydrogen-bond donors (Lipinski definition) is 2. The van der Waals surface area contributed by atoms with Crippen LogP contribution >= 0.6 is 11.6 Å². The van der Waals surface area contributed by atoms with E-state index in [2.05, 4.69) is 15.5 Å². The number of aromatic nitrogens is 2. The van der Waals surface area contributed by atoms with Crippen LogP contribution < -0.4 is 5.32 Å². The standard InChI is InChI=1S/C9H14ClN3O/c1-3-9(2,6-14)11-8-5-4-7(10)12-13-8/h4-5,14H,3,6H2,1-2H3,(H,11,13). The van der Waals surface area contributed by atoms with E-state index in [0.717, 1.165) is 6.42 Å². The van der Waals surface area contributed by atoms with Crippen molar-refractivity contribution in [3.8, 4) is 0 Å². The second-order valence-electron chi connectivity index (χ2n) is 3.44. The first kappa shape index (κ1) is 11.2. The molecule has 5 heteroatoms. The molecule has 0 bridgehead atoms. The molecule has 0 aliphatic rings. The van der Waals surface area contributed by atoms with Gasteiger partial charge in [-0.15, -0.1) is 10.2 Å². The summed E-state index contributed by atoms with van der Waals surface area (Å²) in [5.74, 6) is 0.618. The van der Waals surface area contributed by atoms with Crippen LogP contribution in [-0.4, -0.2) is 27.4 Å². The molecular formula is C9H14ClN3O. The Morgan fingerprint density at radius 1 is 1.50 bits per heavy atom. The third-order valence-electron chi connectivity index (χ3n) is 2.19. The van der Waals surface area contributed by atoms with E-state index in [1.54, 1.807) is 12.1 Å². The highest BCUT2D eigenvalue weighted by Gasteiger charge is 2.20. The van der Waals surface area contributed by atoms with Crippen LogP contribution in [0.2, 0.25) is 5.15 Å². The molecule has 0 aliphatic carbocycles. The Bertz CT molecular complexity index is 285. The molecule has 2 N–H and O–H groups in total. The van der Waals surface area contributed by atoms with Crippen LogP contribution in [-0.2, 0) is 0 Å². The van der Waals surface area contributed by atoms with Crippen molar-refractivity contribution in [3.05, 3.63) is 17.3 Å². The Morgan fingerprint density at radius 3 is 2.64 bits per heavy atom. The molecule has 1 heterocycles. The lowest BCUT2D eigenvalue weighted by Gasteiger charge is -2.27. The van der Waals surface area contributed by atoms with Crippen molar-refractivity contribution in [2.45, 2.75) is 25.8 Å². The van der Waals surface area contributed by atoms with E-state index >= 15 is 0 Å². The van der Waals surface area contributed by atoms with Gasteiger partial charge in [0.1, 0.15) is 5.82 Å². The van der Waals surface area contributed by atoms with Crippen molar-refractivity contribution in [1.29, 1.82) is 0 Å². The number of anilines is 1. The van der Waals surface area contributed by atoms with Gasteiger partial charge in [-0.1, -0.05) is 18.5 Å². The maximum Gasteiger partial charge on any atom is 0.151 e. The van der Waals surface area contributed by atoms with Gasteiger partial charge in [-0.25, -0.2) is 0 Å². The molecule has 0 aliphatic heterocycles. The molecular weight excluding hydrogens is 202 g/mol. The summed E-state index contributed by atoms with van der Waals surface area (Å²) in [6.07, 6.45) is 0.799. The van der Waals surface area contributed by atoms with E-state index in [4.69, 9.17) is 16.7 Å². The monoisotopic (exact) mass is 215 g/mol. The van der Waals surface area contributed by atoms with Crippen molar-refractivity contribution >= 4 is 17.4 Å². The molecule has 4 nitrogen and oxygen atoms in total. The Balaban J connectivity index is 2.72. The van der Waals surface area contributed by atoms with Crippen molar-refractivity contribution in [1.82, 2.24) is 10.2 Å². The van der Waals surface area contributed by atoms with Gasteiger partial charge in [-0.2, -0.15) is 0 Å². The summed E-state index contributed by atoms with van der Waals surface area (Å²) < 4.78 is 0. The Hall–Kier alpha value is -0.870. The summed E-state index contributed by atoms with van der Waals surface area (Å²) in [4.78, 5) is 0. The minimum Gasteiger partial charge on any atom is -0.394 e. The van der Waals surface area contributed by atoms with Crippen LogP contribution in [0.15, 0.2) is 12.1 Å². The zero-order valence-electron chi connectivity index (χ0n) is 8.29. The molecule has 1 aromatic heterocycles. The highest BCUT2D eigenvalue weighted by atomic mass is 35.5. The Morgan fingerprint density at radius 2 is 2.21 bits per heavy atom. The summed E-state index contributed by atoms with van der Waals surface area (Å²) in [6.45, 7) is 3.96. The topological polar surface area (TPSA) is 58.0 Å². The predicted molar refractivity (Wildman–Crippen MR) is 56.4 cm³/mol. The van der Waals surface area contributed by atoms with E-state index in [9.17, 15) is 0 Å². The van der Waals surface area contributed by atoms with Gasteiger partial charge in [0.25, 0.3) is 0 Å². The highest BCUT2D eigenvalue weighted by molar-refractivity contribution is 6.29. The van der Waals surface area contributed by atoms with Crippen molar-refractivity contribution < 1.29 is 5.11 Å². The fourth-order valence-corrected chi connectivity index (χ4v) is 1.03. The summed E-state index contributed by atoms with van der Waals surface area (Å²) >= 11 is 5.60. The number of hydrogen-bond acceptors (Lipinski definition) is 4. The van der Waals surface area contributed by atoms with Gasteiger partial charge < -0.3 is 10.4 Å². The van der Waals surface area contributed by atoms with Crippen molar-refractivity contribution in [2.75, 3.05) is 11.9 Å². The van der Waals surface area contributed by atoms with E-state index in [1.807, 2.05) is 13.8 Å². The number of nitrogens with zero attached hydrogens (tertiary/aromatic N) is 2. The molecule has 1 unspecified atom stereocenters. The van der Waals surface area contributed by atoms with Gasteiger partial charge in [0.2, 0.25) is 0 Å². The first-order valence-electron chi connectivity index (χ1n) is 4.48. The zero-order valence-corrected chi connectivity index (χ0v) is 9.04. The van der Waals surface area contributed by atoms with Crippen LogP contribution in [0, 0.1) is 0 Å². The number of aliphatic hydroxyl groups excluding tert-OH is 1. The minimum atomic E-state index is -0.359. The summed E-state index contributed by atoms with van der Waals surface area (Å²) in [7, 11) is 0. The smallest absolute Gasteiger partial charge is 0.151 e. The third kappa shape index (κ3) is 2.82. The second-order valence-corrected chi connectivity index (χ2v) is 3.83. The van der Waals surface area contributed by atoms with E-state index in [1.165, 1.54) is 0 Å². The molecule has 0 saturated carbocycles. The maximum atomic E-state index is 9.16. The minimum absolute atomic E-state index is 0.0494. The fourth-order valence-electron chi connectivity index (χ4n) is 0.932. The van der Waals surface area contributed by atoms with Crippen LogP contribution in [0.1, 0.15) is 20.3 Å². The molecule has 1 rings (SSSR count). The molecule has 0 aromatic carbocycles. The SMILES string of the molecule is CCC(C)(CO)Nc1ccc(Cl)nn1. The lowest BCUT2D eigenvalue weighted by atomic mass is 10.0. The Kier molecular flexibility index (Phi) is 3.66. The van der Waals surface area contributed by atoms with E-state index < -0.39 is 0 Å². The zero-order chi connectivity index (χ0) is 10.6. The number of halogens is 1. The molecule has 78 valence electrons. The number of nitrogens with one attached hydrogen (secondary N) is 1. The molecule has 1 aromatic rings. The van der Waals surface area contributed by atoms with Crippen LogP contribution in [0.4, 0.5) is 5.82 Å². The van der Waals surface area contributed by atoms with Gasteiger partial charge in [-0.3, -0.25) is 0 Å². The molecule has 0 fully saturated rings. The number of aliphatic hydroxyl groups is 1. The molecule has 0 spiro atoms. The van der Waals surface area contributed by atoms with E-state index in [-0.39, 0.29) is 12.1 Å². The largest absolute Gasteiger partial charge is 0.394 e. The third-order valence-corrected chi connectivity index (χ3v) is 2.39. The van der Waals surface area contributed by atoms with Crippen molar-refractivity contribution in [3.63, 3.8) is 0 Å². The van der Waals surface area contributed by atoms with Gasteiger partial charge in [0.15, 0.2) is 5.15 Å². The molecule has 0 saturated heterocycles. The van der Waals surface area contributed by atoms with Gasteiger partial charge in [-0.05, 0) is 25.5 Å². The summed E-state index contributed by atoms with van der Waals surface area (Å²) in [6, 6.07) is 3.39. The molecule has 1 atom stereocenters. The summed E-state index contributed by atoms with van der Waals surface area (Å²) in [5.41, 5.74) is -0.359. The van der Waals surface area contributed by atoms with Gasteiger partial charge in [0.05, 0.1) is 12.1 Å². The second kappa shape index (κ2) is 4.57. The van der Waals surface area contributed by atoms with Gasteiger partial charge >= 0.3 is 0 Å². The Labute approximate surface area is 88.3 Å². The average molecular weight is 216 g/mol. The highest BCUT2D eigenvalue weighted by Crippen LogP contribution is 2.16. The normalized spacial score (nSPS) is 14.9. The molecule has 0 amide bonds. The predicted octanol–water partition coefficient (Wildman–Crippen LogP) is 1.70. The summed E-state index contributed by atoms with van der Waals surface area (Å²) in [5, 5.41) is 20.2. The van der Waals surface area contributed by atoms with E-state index in [0.29, 0.717) is 11.0 Å². The average Bonchev–Trinajstić information content (AvgIpc) is 2.21. The van der Waals surface area contributed by atoms with Gasteiger partial charge in [0, 0.05) is 0 Å². The lowest BCUT2D eigenvalue weighted by Crippen LogP contribution is -2.38.